The molecule has 1 aliphatic rings. The lowest BCUT2D eigenvalue weighted by molar-refractivity contribution is -0.122. The molecule has 0 atom stereocenters. The molecule has 1 fully saturated rings. The number of carbonyl (C=O) groups is 1. The van der Waals surface area contributed by atoms with Crippen LogP contribution in [0.3, 0.4) is 0 Å². The van der Waals surface area contributed by atoms with Crippen molar-refractivity contribution in [1.29, 1.82) is 0 Å². The van der Waals surface area contributed by atoms with Crippen LogP contribution in [0.2, 0.25) is 0 Å². The second-order valence-electron chi connectivity index (χ2n) is 10.1. The zero-order chi connectivity index (χ0) is 25.6. The summed E-state index contributed by atoms with van der Waals surface area (Å²) >= 11 is 0. The van der Waals surface area contributed by atoms with E-state index in [2.05, 4.69) is 41.0 Å². The van der Waals surface area contributed by atoms with Crippen molar-refractivity contribution in [3.8, 4) is 0 Å². The average Bonchev–Trinajstić information content (AvgIpc) is 2.93. The third-order valence-electron chi connectivity index (χ3n) is 7.23. The van der Waals surface area contributed by atoms with Gasteiger partial charge in [-0.25, -0.2) is 4.98 Å². The number of fused-ring (bicyclic) bond motifs is 1. The van der Waals surface area contributed by atoms with Crippen LogP contribution < -0.4 is 15.5 Å². The van der Waals surface area contributed by atoms with Gasteiger partial charge in [0.25, 0.3) is 0 Å². The number of hydrogen-bond acceptors (Lipinski definition) is 5. The summed E-state index contributed by atoms with van der Waals surface area (Å²) in [7, 11) is 4.01. The maximum Gasteiger partial charge on any atom is 0.225 e. The van der Waals surface area contributed by atoms with E-state index in [1.807, 2.05) is 73.6 Å². The van der Waals surface area contributed by atoms with Crippen molar-refractivity contribution in [2.75, 3.05) is 24.3 Å². The molecule has 7 heteroatoms. The Morgan fingerprint density at radius 1 is 0.816 bits per heavy atom. The van der Waals surface area contributed by atoms with Gasteiger partial charge in [0, 0.05) is 43.9 Å². The van der Waals surface area contributed by atoms with E-state index in [-0.39, 0.29) is 30.3 Å². The monoisotopic (exact) mass is 529 g/mol. The first kappa shape index (κ1) is 27.4. The third-order valence-corrected chi connectivity index (χ3v) is 7.23. The second kappa shape index (κ2) is 12.7. The summed E-state index contributed by atoms with van der Waals surface area (Å²) < 4.78 is 0. The molecule has 0 aliphatic heterocycles. The first-order chi connectivity index (χ1) is 18.1. The van der Waals surface area contributed by atoms with E-state index in [0.29, 0.717) is 18.4 Å². The topological polar surface area (TPSA) is 70.2 Å². The van der Waals surface area contributed by atoms with Crippen LogP contribution in [0.15, 0.2) is 84.9 Å². The maximum atomic E-state index is 13.1. The van der Waals surface area contributed by atoms with Gasteiger partial charge in [-0.2, -0.15) is 4.98 Å². The number of carbonyl (C=O) groups excluding carboxylic acids is 1. The summed E-state index contributed by atoms with van der Waals surface area (Å²) in [4.78, 5) is 24.7. The normalized spacial score (nSPS) is 17.0. The fraction of sp³-hybridized carbons (Fsp3) is 0.323. The van der Waals surface area contributed by atoms with Crippen LogP contribution in [-0.2, 0) is 4.79 Å². The molecule has 1 aliphatic carbocycles. The van der Waals surface area contributed by atoms with Crippen molar-refractivity contribution in [3.63, 3.8) is 0 Å². The number of rotatable bonds is 8. The van der Waals surface area contributed by atoms with Crippen molar-refractivity contribution < 1.29 is 4.79 Å². The summed E-state index contributed by atoms with van der Waals surface area (Å²) in [6.07, 6.45) is 4.28. The van der Waals surface area contributed by atoms with Crippen molar-refractivity contribution in [2.45, 2.75) is 50.1 Å². The first-order valence-corrected chi connectivity index (χ1v) is 13.2. The average molecular weight is 530 g/mol. The van der Waals surface area contributed by atoms with E-state index in [1.54, 1.807) is 0 Å². The van der Waals surface area contributed by atoms with Crippen molar-refractivity contribution >= 4 is 41.0 Å². The van der Waals surface area contributed by atoms with Crippen LogP contribution >= 0.6 is 12.4 Å². The number of nitrogens with one attached hydrogen (secondary N) is 2. The Morgan fingerprint density at radius 2 is 1.37 bits per heavy atom. The molecule has 3 aromatic carbocycles. The number of nitrogens with zero attached hydrogens (tertiary/aromatic N) is 3. The van der Waals surface area contributed by atoms with E-state index in [9.17, 15) is 4.79 Å². The van der Waals surface area contributed by atoms with Gasteiger partial charge >= 0.3 is 0 Å². The van der Waals surface area contributed by atoms with Gasteiger partial charge in [0.1, 0.15) is 5.82 Å². The van der Waals surface area contributed by atoms with Gasteiger partial charge in [-0.05, 0) is 48.9 Å². The standard InChI is InChI=1S/C31H35N5O.ClH/c1-36(2)30-26-15-9-10-16-28(26)34-31(35-30)33-25-19-17-24(18-20-25)32-29(37)21-27(22-11-5-3-6-12-22)23-13-7-4-8-14-23;/h3-16,24-25,27H,17-21H2,1-2H3,(H,32,37)(H,33,34,35);1H. The zero-order valence-corrected chi connectivity index (χ0v) is 22.8. The van der Waals surface area contributed by atoms with E-state index >= 15 is 0 Å². The fourth-order valence-corrected chi connectivity index (χ4v) is 5.30. The number of benzene rings is 3. The molecule has 2 N–H and O–H groups in total. The van der Waals surface area contributed by atoms with Gasteiger partial charge < -0.3 is 15.5 Å². The molecule has 198 valence electrons. The lowest BCUT2D eigenvalue weighted by Gasteiger charge is -2.30. The Hall–Kier alpha value is -3.64. The van der Waals surface area contributed by atoms with E-state index in [1.165, 1.54) is 11.1 Å². The van der Waals surface area contributed by atoms with E-state index in [4.69, 9.17) is 9.97 Å². The van der Waals surface area contributed by atoms with Gasteiger partial charge in [0.05, 0.1) is 5.52 Å². The Kier molecular flexibility index (Phi) is 9.19. The predicted molar refractivity (Wildman–Crippen MR) is 158 cm³/mol. The number of amides is 1. The van der Waals surface area contributed by atoms with Crippen molar-refractivity contribution in [1.82, 2.24) is 15.3 Å². The van der Waals surface area contributed by atoms with E-state index < -0.39 is 0 Å². The zero-order valence-electron chi connectivity index (χ0n) is 22.0. The highest BCUT2D eigenvalue weighted by Crippen LogP contribution is 2.29. The van der Waals surface area contributed by atoms with Crippen LogP contribution in [0.1, 0.15) is 49.1 Å². The van der Waals surface area contributed by atoms with Crippen LogP contribution in [0.5, 0.6) is 0 Å². The molecule has 1 saturated carbocycles. The molecular weight excluding hydrogens is 494 g/mol. The molecule has 38 heavy (non-hydrogen) atoms. The highest BCUT2D eigenvalue weighted by molar-refractivity contribution is 5.90. The molecule has 1 aromatic heterocycles. The van der Waals surface area contributed by atoms with Gasteiger partial charge in [-0.3, -0.25) is 4.79 Å². The Balaban J connectivity index is 0.00000336. The minimum atomic E-state index is 0. The van der Waals surface area contributed by atoms with Gasteiger partial charge in [-0.15, -0.1) is 12.4 Å². The number of hydrogen-bond donors (Lipinski definition) is 2. The van der Waals surface area contributed by atoms with Crippen molar-refractivity contribution in [3.05, 3.63) is 96.1 Å². The van der Waals surface area contributed by atoms with Gasteiger partial charge in [0.15, 0.2) is 0 Å². The lowest BCUT2D eigenvalue weighted by Crippen LogP contribution is -2.40. The van der Waals surface area contributed by atoms with Crippen LogP contribution in [0, 0.1) is 0 Å². The summed E-state index contributed by atoms with van der Waals surface area (Å²) in [6, 6.07) is 29.2. The lowest BCUT2D eigenvalue weighted by atomic mass is 9.87. The number of halogens is 1. The predicted octanol–water partition coefficient (Wildman–Crippen LogP) is 6.18. The Bertz CT molecular complexity index is 1280. The molecule has 0 bridgehead atoms. The Morgan fingerprint density at radius 3 is 1.97 bits per heavy atom. The smallest absolute Gasteiger partial charge is 0.225 e. The molecule has 0 spiro atoms. The highest BCUT2D eigenvalue weighted by atomic mass is 35.5. The minimum absolute atomic E-state index is 0. The third kappa shape index (κ3) is 6.62. The fourth-order valence-electron chi connectivity index (χ4n) is 5.30. The second-order valence-corrected chi connectivity index (χ2v) is 10.1. The maximum absolute atomic E-state index is 13.1. The minimum Gasteiger partial charge on any atom is -0.362 e. The molecule has 1 amide bonds. The first-order valence-electron chi connectivity index (χ1n) is 13.2. The molecule has 0 unspecified atom stereocenters. The van der Waals surface area contributed by atoms with Crippen LogP contribution in [0.25, 0.3) is 10.9 Å². The van der Waals surface area contributed by atoms with Gasteiger partial charge in [-0.1, -0.05) is 72.8 Å². The summed E-state index contributed by atoms with van der Waals surface area (Å²) in [5.41, 5.74) is 3.28. The quantitative estimate of drug-likeness (QED) is 0.285. The molecular formula is C31H36ClN5O. The SMILES string of the molecule is CN(C)c1nc(NC2CCC(NC(=O)CC(c3ccccc3)c3ccccc3)CC2)nc2ccccc12.Cl. The molecule has 4 aromatic rings. The van der Waals surface area contributed by atoms with Crippen molar-refractivity contribution in [2.24, 2.45) is 0 Å². The number of para-hydroxylation sites is 1. The molecule has 1 heterocycles. The number of aromatic nitrogens is 2. The molecule has 0 saturated heterocycles. The molecule has 5 rings (SSSR count). The largest absolute Gasteiger partial charge is 0.362 e. The van der Waals surface area contributed by atoms with Crippen LogP contribution in [0.4, 0.5) is 11.8 Å². The summed E-state index contributed by atoms with van der Waals surface area (Å²) in [5.74, 6) is 1.75. The Labute approximate surface area is 231 Å². The molecule has 0 radical (unpaired) electrons. The summed E-state index contributed by atoms with van der Waals surface area (Å²) in [5, 5.41) is 7.92. The summed E-state index contributed by atoms with van der Waals surface area (Å²) in [6.45, 7) is 0. The molecule has 6 nitrogen and oxygen atoms in total. The highest BCUT2D eigenvalue weighted by Gasteiger charge is 2.25. The van der Waals surface area contributed by atoms with Crippen LogP contribution in [-0.4, -0.2) is 42.1 Å². The van der Waals surface area contributed by atoms with Gasteiger partial charge in [0.2, 0.25) is 11.9 Å². The van der Waals surface area contributed by atoms with E-state index in [0.717, 1.165) is 42.4 Å². The number of anilines is 2.